The molecule has 2 nitrogen and oxygen atoms in total. The summed E-state index contributed by atoms with van der Waals surface area (Å²) in [5.41, 5.74) is 1.18. The summed E-state index contributed by atoms with van der Waals surface area (Å²) < 4.78 is 0. The van der Waals surface area contributed by atoms with Crippen LogP contribution in [0.25, 0.3) is 0 Å². The third-order valence-electron chi connectivity index (χ3n) is 4.20. The molecular weight excluding hydrogens is 256 g/mol. The Morgan fingerprint density at radius 3 is 2.11 bits per heavy atom. The summed E-state index contributed by atoms with van der Waals surface area (Å²) in [6, 6.07) is 2.12. The Morgan fingerprint density at radius 2 is 1.68 bits per heavy atom. The van der Waals surface area contributed by atoms with Crippen LogP contribution in [0.2, 0.25) is 0 Å². The summed E-state index contributed by atoms with van der Waals surface area (Å²) in [5, 5.41) is 9.10. The van der Waals surface area contributed by atoms with Crippen molar-refractivity contribution in [3.8, 4) is 0 Å². The Balaban J connectivity index is 3.32. The molecule has 1 rings (SSSR count). The van der Waals surface area contributed by atoms with Crippen LogP contribution in [0.5, 0.6) is 0 Å². The minimum Gasteiger partial charge on any atom is -0.481 e. The van der Waals surface area contributed by atoms with Crippen molar-refractivity contribution < 1.29 is 9.90 Å². The smallest absolute Gasteiger partial charge is 0.307 e. The van der Waals surface area contributed by atoms with E-state index in [0.717, 1.165) is 18.4 Å². The summed E-state index contributed by atoms with van der Waals surface area (Å²) in [5.74, 6) is -0.744. The second-order valence-corrected chi connectivity index (χ2v) is 7.56. The standard InChI is InChI=1S/C16H26O2S/c1-7-15(3,4)12-9-11(10-13(17)18)14(19-12)16(5,6)8-2/h9H,7-8,10H2,1-6H3,(H,17,18). The monoisotopic (exact) mass is 282 g/mol. The van der Waals surface area contributed by atoms with E-state index in [4.69, 9.17) is 5.11 Å². The number of carboxylic acids is 1. The zero-order valence-electron chi connectivity index (χ0n) is 13.0. The van der Waals surface area contributed by atoms with Crippen molar-refractivity contribution in [2.45, 2.75) is 71.6 Å². The van der Waals surface area contributed by atoms with Gasteiger partial charge in [0.2, 0.25) is 0 Å². The normalized spacial score (nSPS) is 12.7. The number of carboxylic acid groups (broad SMARTS) is 1. The van der Waals surface area contributed by atoms with Gasteiger partial charge in [0.25, 0.3) is 0 Å². The van der Waals surface area contributed by atoms with Gasteiger partial charge in [-0.25, -0.2) is 0 Å². The second kappa shape index (κ2) is 5.66. The van der Waals surface area contributed by atoms with Gasteiger partial charge in [-0.2, -0.15) is 0 Å². The van der Waals surface area contributed by atoms with Gasteiger partial charge in [-0.3, -0.25) is 4.79 Å². The highest BCUT2D eigenvalue weighted by Gasteiger charge is 2.29. The van der Waals surface area contributed by atoms with Gasteiger partial charge in [0.1, 0.15) is 0 Å². The largest absolute Gasteiger partial charge is 0.481 e. The predicted octanol–water partition coefficient (Wildman–Crippen LogP) is 4.75. The molecule has 1 aromatic rings. The molecule has 0 aliphatic carbocycles. The molecule has 0 aliphatic heterocycles. The first-order valence-corrected chi connectivity index (χ1v) is 7.81. The number of hydrogen-bond donors (Lipinski definition) is 1. The van der Waals surface area contributed by atoms with Crippen LogP contribution in [-0.4, -0.2) is 11.1 Å². The van der Waals surface area contributed by atoms with Crippen molar-refractivity contribution >= 4 is 17.3 Å². The molecule has 0 aliphatic rings. The maximum atomic E-state index is 11.1. The number of aliphatic carboxylic acids is 1. The molecule has 0 spiro atoms. The number of thiophene rings is 1. The number of hydrogen-bond acceptors (Lipinski definition) is 2. The molecule has 3 heteroatoms. The molecule has 1 heterocycles. The summed E-state index contributed by atoms with van der Waals surface area (Å²) in [7, 11) is 0. The Labute approximate surface area is 120 Å². The molecule has 0 fully saturated rings. The van der Waals surface area contributed by atoms with Crippen LogP contribution in [0.15, 0.2) is 6.07 Å². The highest BCUT2D eigenvalue weighted by Crippen LogP contribution is 2.41. The van der Waals surface area contributed by atoms with Crippen molar-refractivity contribution in [1.82, 2.24) is 0 Å². The maximum absolute atomic E-state index is 11.1. The SMILES string of the molecule is CCC(C)(C)c1cc(CC(=O)O)c(C(C)(C)CC)s1. The minimum absolute atomic E-state index is 0.0531. The molecule has 0 radical (unpaired) electrons. The van der Waals surface area contributed by atoms with E-state index in [1.54, 1.807) is 11.3 Å². The summed E-state index contributed by atoms with van der Waals surface area (Å²) in [4.78, 5) is 13.6. The van der Waals surface area contributed by atoms with E-state index < -0.39 is 5.97 Å². The fourth-order valence-electron chi connectivity index (χ4n) is 1.96. The summed E-state index contributed by atoms with van der Waals surface area (Å²) >= 11 is 1.80. The quantitative estimate of drug-likeness (QED) is 0.817. The lowest BCUT2D eigenvalue weighted by molar-refractivity contribution is -0.136. The van der Waals surface area contributed by atoms with E-state index in [9.17, 15) is 4.79 Å². The molecule has 0 saturated carbocycles. The first-order chi connectivity index (χ1) is 8.64. The third kappa shape index (κ3) is 3.59. The zero-order valence-corrected chi connectivity index (χ0v) is 13.8. The molecule has 108 valence electrons. The highest BCUT2D eigenvalue weighted by molar-refractivity contribution is 7.12. The van der Waals surface area contributed by atoms with Crippen molar-refractivity contribution in [2.24, 2.45) is 0 Å². The average molecular weight is 282 g/mol. The molecule has 1 N–H and O–H groups in total. The molecular formula is C16H26O2S. The summed E-state index contributed by atoms with van der Waals surface area (Å²) in [6.45, 7) is 13.2. The average Bonchev–Trinajstić information content (AvgIpc) is 2.73. The van der Waals surface area contributed by atoms with E-state index in [-0.39, 0.29) is 17.3 Å². The van der Waals surface area contributed by atoms with Crippen LogP contribution in [0.1, 0.15) is 69.7 Å². The second-order valence-electron chi connectivity index (χ2n) is 6.51. The van der Waals surface area contributed by atoms with Gasteiger partial charge in [-0.1, -0.05) is 41.5 Å². The Bertz CT molecular complexity index is 455. The predicted molar refractivity (Wildman–Crippen MR) is 82.3 cm³/mol. The molecule has 0 saturated heterocycles. The van der Waals surface area contributed by atoms with Crippen LogP contribution in [0.3, 0.4) is 0 Å². The lowest BCUT2D eigenvalue weighted by Crippen LogP contribution is -2.16. The number of carbonyl (C=O) groups is 1. The van der Waals surface area contributed by atoms with E-state index in [0.29, 0.717) is 0 Å². The van der Waals surface area contributed by atoms with Gasteiger partial charge < -0.3 is 5.11 Å². The molecule has 19 heavy (non-hydrogen) atoms. The van der Waals surface area contributed by atoms with Crippen LogP contribution in [0.4, 0.5) is 0 Å². The molecule has 1 aromatic heterocycles. The first-order valence-electron chi connectivity index (χ1n) is 6.99. The van der Waals surface area contributed by atoms with Gasteiger partial charge in [-0.15, -0.1) is 11.3 Å². The molecule has 0 atom stereocenters. The van der Waals surface area contributed by atoms with E-state index in [1.807, 2.05) is 0 Å². The topological polar surface area (TPSA) is 37.3 Å². The van der Waals surface area contributed by atoms with Crippen molar-refractivity contribution in [1.29, 1.82) is 0 Å². The van der Waals surface area contributed by atoms with Gasteiger partial charge in [0.05, 0.1) is 6.42 Å². The highest BCUT2D eigenvalue weighted by atomic mass is 32.1. The van der Waals surface area contributed by atoms with E-state index in [2.05, 4.69) is 47.6 Å². The fraction of sp³-hybridized carbons (Fsp3) is 0.688. The maximum Gasteiger partial charge on any atom is 0.307 e. The molecule has 0 bridgehead atoms. The van der Waals surface area contributed by atoms with Gasteiger partial charge in [0.15, 0.2) is 0 Å². The summed E-state index contributed by atoms with van der Waals surface area (Å²) in [6.07, 6.45) is 2.22. The Hall–Kier alpha value is -0.830. The van der Waals surface area contributed by atoms with Gasteiger partial charge in [-0.05, 0) is 35.3 Å². The lowest BCUT2D eigenvalue weighted by Gasteiger charge is -2.24. The minimum atomic E-state index is -0.744. The Morgan fingerprint density at radius 1 is 1.16 bits per heavy atom. The number of rotatable bonds is 6. The van der Waals surface area contributed by atoms with Crippen LogP contribution >= 0.6 is 11.3 Å². The van der Waals surface area contributed by atoms with E-state index in [1.165, 1.54) is 9.75 Å². The zero-order chi connectivity index (χ0) is 14.8. The van der Waals surface area contributed by atoms with Crippen molar-refractivity contribution in [3.05, 3.63) is 21.4 Å². The molecule has 0 aromatic carbocycles. The molecule has 0 amide bonds. The van der Waals surface area contributed by atoms with Gasteiger partial charge in [0, 0.05) is 9.75 Å². The third-order valence-corrected chi connectivity index (χ3v) is 6.11. The van der Waals surface area contributed by atoms with Crippen molar-refractivity contribution in [3.63, 3.8) is 0 Å². The van der Waals surface area contributed by atoms with E-state index >= 15 is 0 Å². The fourth-order valence-corrected chi connectivity index (χ4v) is 3.49. The first kappa shape index (κ1) is 16.2. The lowest BCUT2D eigenvalue weighted by atomic mass is 9.84. The van der Waals surface area contributed by atoms with Crippen molar-refractivity contribution in [2.75, 3.05) is 0 Å². The van der Waals surface area contributed by atoms with Crippen LogP contribution in [0, 0.1) is 0 Å². The van der Waals surface area contributed by atoms with Crippen LogP contribution < -0.4 is 0 Å². The van der Waals surface area contributed by atoms with Crippen LogP contribution in [-0.2, 0) is 22.0 Å². The Kier molecular flexibility index (Phi) is 4.83. The molecule has 0 unspecified atom stereocenters. The van der Waals surface area contributed by atoms with Gasteiger partial charge >= 0.3 is 5.97 Å².